The molecule has 0 amide bonds. The van der Waals surface area contributed by atoms with Crippen molar-refractivity contribution < 1.29 is 28.6 Å². The van der Waals surface area contributed by atoms with Crippen molar-refractivity contribution in [2.45, 2.75) is 13.3 Å². The van der Waals surface area contributed by atoms with Crippen LogP contribution in [0.15, 0.2) is 78.9 Å². The Morgan fingerprint density at radius 1 is 0.600 bits per heavy atom. The number of esters is 3. The molecule has 3 rings (SSSR count). The fraction of sp³-hybridized carbons (Fsp3) is 0.125. The van der Waals surface area contributed by atoms with Crippen LogP contribution in [-0.2, 0) is 4.74 Å². The highest BCUT2D eigenvalue weighted by molar-refractivity contribution is 5.93. The van der Waals surface area contributed by atoms with Gasteiger partial charge in [-0.25, -0.2) is 14.4 Å². The van der Waals surface area contributed by atoms with Crippen molar-refractivity contribution in [1.29, 1.82) is 0 Å². The topological polar surface area (TPSA) is 78.9 Å². The number of benzene rings is 3. The molecule has 0 bridgehead atoms. The zero-order chi connectivity index (χ0) is 21.3. The molecule has 0 fully saturated rings. The van der Waals surface area contributed by atoms with Crippen molar-refractivity contribution in [3.05, 3.63) is 95.6 Å². The second-order valence-electron chi connectivity index (χ2n) is 6.33. The van der Waals surface area contributed by atoms with E-state index >= 15 is 0 Å². The average molecular weight is 404 g/mol. The number of hydrogen-bond acceptors (Lipinski definition) is 6. The Balaban J connectivity index is 1.58. The number of ether oxygens (including phenoxy) is 3. The van der Waals surface area contributed by atoms with E-state index in [0.29, 0.717) is 34.8 Å². The van der Waals surface area contributed by atoms with Crippen LogP contribution in [-0.4, -0.2) is 24.5 Å². The van der Waals surface area contributed by atoms with Crippen LogP contribution in [0.3, 0.4) is 0 Å². The monoisotopic (exact) mass is 404 g/mol. The third-order valence-electron chi connectivity index (χ3n) is 4.05. The number of carbonyl (C=O) groups excluding carboxylic acids is 3. The van der Waals surface area contributed by atoms with Crippen LogP contribution in [0.2, 0.25) is 0 Å². The van der Waals surface area contributed by atoms with E-state index in [2.05, 4.69) is 0 Å². The van der Waals surface area contributed by atoms with Gasteiger partial charge in [-0.1, -0.05) is 25.1 Å². The van der Waals surface area contributed by atoms with E-state index in [1.807, 2.05) is 13.0 Å². The lowest BCUT2D eigenvalue weighted by Crippen LogP contribution is -2.10. The molecule has 0 aromatic heterocycles. The Labute approximate surface area is 174 Å². The van der Waals surface area contributed by atoms with Crippen LogP contribution < -0.4 is 9.47 Å². The summed E-state index contributed by atoms with van der Waals surface area (Å²) in [6.45, 7) is 2.27. The lowest BCUT2D eigenvalue weighted by molar-refractivity contribution is 0.0504. The smallest absolute Gasteiger partial charge is 0.343 e. The third kappa shape index (κ3) is 5.54. The van der Waals surface area contributed by atoms with Gasteiger partial charge in [-0.2, -0.15) is 0 Å². The minimum absolute atomic E-state index is 0.293. The first kappa shape index (κ1) is 20.8. The summed E-state index contributed by atoms with van der Waals surface area (Å²) in [5.74, 6) is -0.863. The molecule has 0 heterocycles. The number of hydrogen-bond donors (Lipinski definition) is 0. The van der Waals surface area contributed by atoms with Crippen LogP contribution in [0, 0.1) is 0 Å². The van der Waals surface area contributed by atoms with Gasteiger partial charge >= 0.3 is 17.9 Å². The van der Waals surface area contributed by atoms with Gasteiger partial charge in [0, 0.05) is 0 Å². The lowest BCUT2D eigenvalue weighted by Gasteiger charge is -2.07. The number of rotatable bonds is 7. The quantitative estimate of drug-likeness (QED) is 0.420. The summed E-state index contributed by atoms with van der Waals surface area (Å²) in [5.41, 5.74) is 1.11. The standard InChI is InChI=1S/C24H20O6/c1-2-16-28-22(25)18-8-12-20(13-9-18)30-24(27)19-10-14-21(15-11-19)29-23(26)17-6-4-3-5-7-17/h3-15H,2,16H2,1H3. The largest absolute Gasteiger partial charge is 0.462 e. The Kier molecular flexibility index (Phi) is 6.95. The first-order chi connectivity index (χ1) is 14.6. The first-order valence-corrected chi connectivity index (χ1v) is 9.43. The Hall–Kier alpha value is -3.93. The van der Waals surface area contributed by atoms with Crippen LogP contribution in [0.4, 0.5) is 0 Å². The highest BCUT2D eigenvalue weighted by Crippen LogP contribution is 2.18. The molecule has 152 valence electrons. The molecule has 0 aliphatic carbocycles. The van der Waals surface area contributed by atoms with Gasteiger partial charge in [-0.15, -0.1) is 0 Å². The zero-order valence-corrected chi connectivity index (χ0v) is 16.4. The van der Waals surface area contributed by atoms with E-state index in [4.69, 9.17) is 14.2 Å². The average Bonchev–Trinajstić information content (AvgIpc) is 2.79. The molecule has 0 saturated carbocycles. The minimum Gasteiger partial charge on any atom is -0.462 e. The predicted octanol–water partition coefficient (Wildman–Crippen LogP) is 4.69. The van der Waals surface area contributed by atoms with Crippen molar-refractivity contribution >= 4 is 17.9 Å². The van der Waals surface area contributed by atoms with Crippen molar-refractivity contribution in [3.8, 4) is 11.5 Å². The van der Waals surface area contributed by atoms with Gasteiger partial charge in [0.1, 0.15) is 11.5 Å². The third-order valence-corrected chi connectivity index (χ3v) is 4.05. The van der Waals surface area contributed by atoms with Gasteiger partial charge in [0.15, 0.2) is 0 Å². The second-order valence-corrected chi connectivity index (χ2v) is 6.33. The van der Waals surface area contributed by atoms with E-state index in [1.165, 1.54) is 48.5 Å². The maximum Gasteiger partial charge on any atom is 0.343 e. The Morgan fingerprint density at radius 3 is 1.50 bits per heavy atom. The summed E-state index contributed by atoms with van der Waals surface area (Å²) < 4.78 is 15.6. The van der Waals surface area contributed by atoms with E-state index in [1.54, 1.807) is 24.3 Å². The molecular formula is C24H20O6. The van der Waals surface area contributed by atoms with Crippen LogP contribution in [0.1, 0.15) is 44.4 Å². The molecule has 0 unspecified atom stereocenters. The Bertz CT molecular complexity index is 1010. The number of carbonyl (C=O) groups is 3. The molecule has 0 aliphatic heterocycles. The molecule has 0 spiro atoms. The SMILES string of the molecule is CCCOC(=O)c1ccc(OC(=O)c2ccc(OC(=O)c3ccccc3)cc2)cc1. The lowest BCUT2D eigenvalue weighted by atomic mass is 10.2. The maximum atomic E-state index is 12.3. The summed E-state index contributed by atoms with van der Waals surface area (Å²) >= 11 is 0. The van der Waals surface area contributed by atoms with Crippen molar-refractivity contribution in [3.63, 3.8) is 0 Å². The molecule has 6 heteroatoms. The molecule has 6 nitrogen and oxygen atoms in total. The van der Waals surface area contributed by atoms with Crippen molar-refractivity contribution in [2.24, 2.45) is 0 Å². The summed E-state index contributed by atoms with van der Waals surface area (Å²) in [5, 5.41) is 0. The predicted molar refractivity (Wildman–Crippen MR) is 110 cm³/mol. The molecule has 0 aliphatic rings. The second kappa shape index (κ2) is 10.0. The zero-order valence-electron chi connectivity index (χ0n) is 16.4. The normalized spacial score (nSPS) is 10.2. The van der Waals surface area contributed by atoms with Gasteiger partial charge in [0.2, 0.25) is 0 Å². The summed E-state index contributed by atoms with van der Waals surface area (Å²) in [6.07, 6.45) is 0.742. The highest BCUT2D eigenvalue weighted by Gasteiger charge is 2.12. The fourth-order valence-electron chi connectivity index (χ4n) is 2.50. The minimum atomic E-state index is -0.572. The molecular weight excluding hydrogens is 384 g/mol. The maximum absolute atomic E-state index is 12.3. The Morgan fingerprint density at radius 2 is 1.03 bits per heavy atom. The fourth-order valence-corrected chi connectivity index (χ4v) is 2.50. The van der Waals surface area contributed by atoms with E-state index in [0.717, 1.165) is 6.42 Å². The van der Waals surface area contributed by atoms with Gasteiger partial charge in [0.05, 0.1) is 23.3 Å². The van der Waals surface area contributed by atoms with Crippen LogP contribution >= 0.6 is 0 Å². The molecule has 0 radical (unpaired) electrons. The van der Waals surface area contributed by atoms with Crippen LogP contribution in [0.5, 0.6) is 11.5 Å². The summed E-state index contributed by atoms with van der Waals surface area (Å²) in [4.78, 5) is 36.2. The first-order valence-electron chi connectivity index (χ1n) is 9.43. The summed E-state index contributed by atoms with van der Waals surface area (Å²) in [7, 11) is 0. The van der Waals surface area contributed by atoms with E-state index < -0.39 is 17.9 Å². The molecule has 0 N–H and O–H groups in total. The van der Waals surface area contributed by atoms with Gasteiger partial charge < -0.3 is 14.2 Å². The van der Waals surface area contributed by atoms with Gasteiger partial charge in [-0.05, 0) is 67.1 Å². The molecule has 0 saturated heterocycles. The van der Waals surface area contributed by atoms with Crippen molar-refractivity contribution in [1.82, 2.24) is 0 Å². The molecule has 0 atom stereocenters. The molecule has 30 heavy (non-hydrogen) atoms. The van der Waals surface area contributed by atoms with Gasteiger partial charge in [-0.3, -0.25) is 0 Å². The van der Waals surface area contributed by atoms with Crippen LogP contribution in [0.25, 0.3) is 0 Å². The van der Waals surface area contributed by atoms with Gasteiger partial charge in [0.25, 0.3) is 0 Å². The van der Waals surface area contributed by atoms with E-state index in [-0.39, 0.29) is 0 Å². The van der Waals surface area contributed by atoms with Crippen molar-refractivity contribution in [2.75, 3.05) is 6.61 Å². The summed E-state index contributed by atoms with van der Waals surface area (Å²) in [6, 6.07) is 20.8. The molecule has 3 aromatic rings. The molecule has 3 aromatic carbocycles. The highest BCUT2D eigenvalue weighted by atomic mass is 16.5. The van der Waals surface area contributed by atoms with E-state index in [9.17, 15) is 14.4 Å².